The number of carbonyl (C=O) groups excluding carboxylic acids is 1. The molecule has 19 heavy (non-hydrogen) atoms. The van der Waals surface area contributed by atoms with Crippen molar-refractivity contribution in [3.8, 4) is 0 Å². The molecule has 2 N–H and O–H groups in total. The Morgan fingerprint density at radius 2 is 1.89 bits per heavy atom. The van der Waals surface area contributed by atoms with Crippen molar-refractivity contribution < 1.29 is 9.90 Å². The number of nitrogens with zero attached hydrogens (tertiary/aromatic N) is 2. The lowest BCUT2D eigenvalue weighted by atomic mass is 9.91. The standard InChI is InChI=1S/C13H23N3O2S/c1-6-13(18,7-2)8-14-11(17)9-10(12(3,4)5)15-16-19-9/h18H,6-8H2,1-5H3,(H,14,17). The molecule has 0 bridgehead atoms. The van der Waals surface area contributed by atoms with Crippen LogP contribution in [-0.4, -0.2) is 32.7 Å². The van der Waals surface area contributed by atoms with E-state index in [9.17, 15) is 9.90 Å². The number of rotatable bonds is 5. The Hall–Kier alpha value is -1.01. The summed E-state index contributed by atoms with van der Waals surface area (Å²) in [6.45, 7) is 10.0. The second kappa shape index (κ2) is 5.96. The van der Waals surface area contributed by atoms with Gasteiger partial charge in [0.05, 0.1) is 11.3 Å². The Bertz CT molecular complexity index is 433. The Morgan fingerprint density at radius 3 is 2.37 bits per heavy atom. The van der Waals surface area contributed by atoms with Crippen molar-refractivity contribution in [1.82, 2.24) is 14.9 Å². The van der Waals surface area contributed by atoms with Gasteiger partial charge in [0.25, 0.3) is 5.91 Å². The Morgan fingerprint density at radius 1 is 1.32 bits per heavy atom. The SMILES string of the molecule is CCC(O)(CC)CNC(=O)c1snnc1C(C)(C)C. The van der Waals surface area contributed by atoms with Gasteiger partial charge in [-0.3, -0.25) is 4.79 Å². The van der Waals surface area contributed by atoms with Crippen LogP contribution in [0, 0.1) is 0 Å². The summed E-state index contributed by atoms with van der Waals surface area (Å²) in [6.07, 6.45) is 1.22. The minimum absolute atomic E-state index is 0.208. The fourth-order valence-electron chi connectivity index (χ4n) is 1.66. The fraction of sp³-hybridized carbons (Fsp3) is 0.769. The van der Waals surface area contributed by atoms with Crippen LogP contribution in [0.25, 0.3) is 0 Å². The van der Waals surface area contributed by atoms with E-state index in [0.717, 1.165) is 11.5 Å². The fourth-order valence-corrected chi connectivity index (χ4v) is 2.45. The van der Waals surface area contributed by atoms with Crippen molar-refractivity contribution >= 4 is 17.4 Å². The van der Waals surface area contributed by atoms with Crippen LogP contribution in [0.15, 0.2) is 0 Å². The van der Waals surface area contributed by atoms with Crippen molar-refractivity contribution in [3.63, 3.8) is 0 Å². The number of hydrogen-bond acceptors (Lipinski definition) is 5. The van der Waals surface area contributed by atoms with Crippen molar-refractivity contribution in [1.29, 1.82) is 0 Å². The number of carbonyl (C=O) groups is 1. The molecule has 1 heterocycles. The molecule has 0 atom stereocenters. The molecule has 1 amide bonds. The zero-order valence-electron chi connectivity index (χ0n) is 12.3. The first-order valence-electron chi connectivity index (χ1n) is 6.57. The molecule has 1 rings (SSSR count). The quantitative estimate of drug-likeness (QED) is 0.869. The highest BCUT2D eigenvalue weighted by Crippen LogP contribution is 2.25. The molecule has 0 radical (unpaired) electrons. The van der Waals surface area contributed by atoms with Crippen molar-refractivity contribution in [2.45, 2.75) is 58.5 Å². The van der Waals surface area contributed by atoms with Crippen LogP contribution in [0.3, 0.4) is 0 Å². The molecular weight excluding hydrogens is 262 g/mol. The lowest BCUT2D eigenvalue weighted by molar-refractivity contribution is 0.0314. The molecule has 0 aromatic carbocycles. The summed E-state index contributed by atoms with van der Waals surface area (Å²) in [7, 11) is 0. The average Bonchev–Trinajstić information content (AvgIpc) is 2.84. The molecule has 0 aliphatic rings. The lowest BCUT2D eigenvalue weighted by Gasteiger charge is -2.25. The number of amides is 1. The zero-order valence-corrected chi connectivity index (χ0v) is 13.1. The van der Waals surface area contributed by atoms with E-state index >= 15 is 0 Å². The van der Waals surface area contributed by atoms with Crippen LogP contribution in [0.1, 0.15) is 62.8 Å². The normalized spacial score (nSPS) is 12.5. The maximum Gasteiger partial charge on any atom is 0.265 e. The third-order valence-corrected chi connectivity index (χ3v) is 4.02. The lowest BCUT2D eigenvalue weighted by Crippen LogP contribution is -2.42. The first-order valence-corrected chi connectivity index (χ1v) is 7.34. The molecule has 0 aliphatic heterocycles. The largest absolute Gasteiger partial charge is 0.388 e. The van der Waals surface area contributed by atoms with Crippen molar-refractivity contribution in [3.05, 3.63) is 10.6 Å². The summed E-state index contributed by atoms with van der Waals surface area (Å²) in [4.78, 5) is 12.7. The van der Waals surface area contributed by atoms with Crippen LogP contribution in [0.5, 0.6) is 0 Å². The van der Waals surface area contributed by atoms with Gasteiger partial charge in [-0.05, 0) is 24.4 Å². The molecule has 0 spiro atoms. The van der Waals surface area contributed by atoms with Gasteiger partial charge in [0, 0.05) is 12.0 Å². The topological polar surface area (TPSA) is 75.1 Å². The second-order valence-corrected chi connectivity index (χ2v) is 6.57. The van der Waals surface area contributed by atoms with Gasteiger partial charge in [-0.25, -0.2) is 0 Å². The van der Waals surface area contributed by atoms with Crippen LogP contribution in [0.2, 0.25) is 0 Å². The van der Waals surface area contributed by atoms with Crippen molar-refractivity contribution in [2.24, 2.45) is 0 Å². The van der Waals surface area contributed by atoms with Gasteiger partial charge in [0.15, 0.2) is 0 Å². The van der Waals surface area contributed by atoms with E-state index in [1.54, 1.807) is 0 Å². The molecular formula is C13H23N3O2S. The molecule has 0 saturated carbocycles. The molecule has 0 fully saturated rings. The summed E-state index contributed by atoms with van der Waals surface area (Å²) < 4.78 is 3.86. The summed E-state index contributed by atoms with van der Waals surface area (Å²) in [5, 5.41) is 17.0. The molecule has 108 valence electrons. The minimum atomic E-state index is -0.838. The molecule has 0 aliphatic carbocycles. The molecule has 6 heteroatoms. The van der Waals surface area contributed by atoms with Crippen LogP contribution in [0.4, 0.5) is 0 Å². The Kier molecular flexibility index (Phi) is 5.04. The third kappa shape index (κ3) is 3.98. The van der Waals surface area contributed by atoms with E-state index in [2.05, 4.69) is 14.9 Å². The van der Waals surface area contributed by atoms with Crippen LogP contribution >= 0.6 is 11.5 Å². The Balaban J connectivity index is 2.78. The zero-order chi connectivity index (χ0) is 14.7. The summed E-state index contributed by atoms with van der Waals surface area (Å²) in [6, 6.07) is 0. The highest BCUT2D eigenvalue weighted by molar-refractivity contribution is 7.08. The number of nitrogens with one attached hydrogen (secondary N) is 1. The number of aliphatic hydroxyl groups is 1. The first-order chi connectivity index (χ1) is 8.73. The molecule has 0 unspecified atom stereocenters. The minimum Gasteiger partial charge on any atom is -0.388 e. The summed E-state index contributed by atoms with van der Waals surface area (Å²) in [5.41, 5.74) is -0.354. The average molecular weight is 285 g/mol. The van der Waals surface area contributed by atoms with Gasteiger partial charge in [-0.15, -0.1) is 5.10 Å². The monoisotopic (exact) mass is 285 g/mol. The van der Waals surface area contributed by atoms with Gasteiger partial charge >= 0.3 is 0 Å². The van der Waals surface area contributed by atoms with E-state index < -0.39 is 5.60 Å². The maximum absolute atomic E-state index is 12.2. The van der Waals surface area contributed by atoms with E-state index in [1.807, 2.05) is 34.6 Å². The predicted molar refractivity (Wildman–Crippen MR) is 76.5 cm³/mol. The molecule has 0 saturated heterocycles. The summed E-state index contributed by atoms with van der Waals surface area (Å²) in [5.74, 6) is -0.208. The number of hydrogen-bond donors (Lipinski definition) is 2. The van der Waals surface area contributed by atoms with E-state index in [4.69, 9.17) is 0 Å². The molecule has 1 aromatic heterocycles. The number of aromatic nitrogens is 2. The molecule has 5 nitrogen and oxygen atoms in total. The van der Waals surface area contributed by atoms with E-state index in [0.29, 0.717) is 23.4 Å². The summed E-state index contributed by atoms with van der Waals surface area (Å²) >= 11 is 1.10. The Labute approximate surface area is 118 Å². The van der Waals surface area contributed by atoms with Crippen molar-refractivity contribution in [2.75, 3.05) is 6.54 Å². The van der Waals surface area contributed by atoms with Gasteiger partial charge in [-0.1, -0.05) is 39.1 Å². The maximum atomic E-state index is 12.2. The van der Waals surface area contributed by atoms with E-state index in [-0.39, 0.29) is 17.9 Å². The van der Waals surface area contributed by atoms with Gasteiger partial charge < -0.3 is 10.4 Å². The highest BCUT2D eigenvalue weighted by Gasteiger charge is 2.28. The molecule has 1 aromatic rings. The smallest absolute Gasteiger partial charge is 0.265 e. The third-order valence-electron chi connectivity index (χ3n) is 3.30. The second-order valence-electron chi connectivity index (χ2n) is 5.81. The van der Waals surface area contributed by atoms with E-state index in [1.165, 1.54) is 0 Å². The predicted octanol–water partition coefficient (Wildman–Crippen LogP) is 2.12. The van der Waals surface area contributed by atoms with Gasteiger partial charge in [-0.2, -0.15) is 0 Å². The van der Waals surface area contributed by atoms with Gasteiger partial charge in [0.2, 0.25) is 0 Å². The first kappa shape index (κ1) is 16.0. The highest BCUT2D eigenvalue weighted by atomic mass is 32.1. The van der Waals surface area contributed by atoms with Crippen LogP contribution < -0.4 is 5.32 Å². The van der Waals surface area contributed by atoms with Gasteiger partial charge in [0.1, 0.15) is 4.88 Å². The van der Waals surface area contributed by atoms with Crippen LogP contribution in [-0.2, 0) is 5.41 Å².